The van der Waals surface area contributed by atoms with Crippen LogP contribution in [0, 0.1) is 17.3 Å². The lowest BCUT2D eigenvalue weighted by Crippen LogP contribution is -2.20. The Morgan fingerprint density at radius 1 is 1.55 bits per heavy atom. The maximum Gasteiger partial charge on any atom is 0.310 e. The zero-order valence-corrected chi connectivity index (χ0v) is 13.9. The van der Waals surface area contributed by atoms with E-state index in [-0.39, 0.29) is 35.4 Å². The summed E-state index contributed by atoms with van der Waals surface area (Å²) in [5.74, 6) is -0.335. The fourth-order valence-electron chi connectivity index (χ4n) is 3.20. The van der Waals surface area contributed by atoms with Crippen molar-refractivity contribution < 1.29 is 14.3 Å². The van der Waals surface area contributed by atoms with Crippen molar-refractivity contribution in [3.63, 3.8) is 0 Å². The molecule has 0 amide bonds. The number of carbonyl (C=O) groups is 2. The van der Waals surface area contributed by atoms with Crippen LogP contribution in [0.4, 0.5) is 0 Å². The van der Waals surface area contributed by atoms with Crippen molar-refractivity contribution in [3.05, 3.63) is 41.1 Å². The SMILES string of the molecule is C=CCC1=C(C)C(OC(=O)[C@@H]2[C@@H](C=C=CCl)C2(C)C)CC1=O. The van der Waals surface area contributed by atoms with E-state index in [1.54, 1.807) is 6.08 Å². The second-order valence-electron chi connectivity index (χ2n) is 6.47. The van der Waals surface area contributed by atoms with Gasteiger partial charge in [-0.25, -0.2) is 0 Å². The molecule has 118 valence electrons. The first-order valence-electron chi connectivity index (χ1n) is 7.40. The van der Waals surface area contributed by atoms with E-state index < -0.39 is 6.10 Å². The smallest absolute Gasteiger partial charge is 0.310 e. The lowest BCUT2D eigenvalue weighted by atomic mass is 10.1. The summed E-state index contributed by atoms with van der Waals surface area (Å²) in [5, 5.41) is 0. The van der Waals surface area contributed by atoms with Gasteiger partial charge in [0, 0.05) is 17.0 Å². The number of hydrogen-bond donors (Lipinski definition) is 0. The van der Waals surface area contributed by atoms with Crippen LogP contribution in [-0.4, -0.2) is 17.9 Å². The lowest BCUT2D eigenvalue weighted by Gasteiger charge is -2.13. The third kappa shape index (κ3) is 2.97. The molecule has 0 N–H and O–H groups in total. The van der Waals surface area contributed by atoms with Gasteiger partial charge in [0.2, 0.25) is 0 Å². The molecule has 1 unspecified atom stereocenters. The van der Waals surface area contributed by atoms with E-state index in [1.807, 2.05) is 26.8 Å². The Hall–Kier alpha value is -1.57. The van der Waals surface area contributed by atoms with E-state index in [2.05, 4.69) is 12.3 Å². The Morgan fingerprint density at radius 3 is 2.82 bits per heavy atom. The monoisotopic (exact) mass is 320 g/mol. The molecule has 3 nitrogen and oxygen atoms in total. The minimum atomic E-state index is -0.431. The van der Waals surface area contributed by atoms with E-state index in [0.717, 1.165) is 11.1 Å². The third-order valence-corrected chi connectivity index (χ3v) is 4.90. The Balaban J connectivity index is 2.07. The summed E-state index contributed by atoms with van der Waals surface area (Å²) < 4.78 is 5.60. The molecule has 0 aromatic carbocycles. The number of ether oxygens (including phenoxy) is 1. The standard InChI is InChI=1S/C18H21ClO3/c1-5-7-12-11(2)15(10-14(12)20)22-17(21)16-13(8-6-9-19)18(16,3)4/h5,8-9,13,15-16H,1,7,10H2,2-4H3/t6?,13-,15?,16+/m1/s1. The molecule has 0 spiro atoms. The number of halogens is 1. The van der Waals surface area contributed by atoms with E-state index in [1.165, 1.54) is 5.54 Å². The molecule has 0 heterocycles. The summed E-state index contributed by atoms with van der Waals surface area (Å²) in [6.45, 7) is 9.54. The number of rotatable bonds is 5. The molecule has 0 bridgehead atoms. The number of carbonyl (C=O) groups excluding carboxylic acids is 2. The molecule has 0 aliphatic heterocycles. The quantitative estimate of drug-likeness (QED) is 0.438. The Kier molecular flexibility index (Phi) is 4.79. The molecule has 0 aromatic heterocycles. The highest BCUT2D eigenvalue weighted by Crippen LogP contribution is 2.59. The van der Waals surface area contributed by atoms with Gasteiger partial charge in [-0.2, -0.15) is 0 Å². The average molecular weight is 321 g/mol. The Labute approximate surface area is 136 Å². The van der Waals surface area contributed by atoms with E-state index in [0.29, 0.717) is 6.42 Å². The molecule has 0 radical (unpaired) electrons. The van der Waals surface area contributed by atoms with Crippen molar-refractivity contribution in [3.8, 4) is 0 Å². The number of esters is 1. The highest BCUT2D eigenvalue weighted by molar-refractivity contribution is 6.25. The van der Waals surface area contributed by atoms with Gasteiger partial charge >= 0.3 is 5.97 Å². The van der Waals surface area contributed by atoms with Crippen LogP contribution >= 0.6 is 11.6 Å². The Morgan fingerprint density at radius 2 is 2.23 bits per heavy atom. The normalized spacial score (nSPS) is 28.9. The first-order chi connectivity index (χ1) is 10.3. The van der Waals surface area contributed by atoms with E-state index in [9.17, 15) is 9.59 Å². The summed E-state index contributed by atoms with van der Waals surface area (Å²) in [7, 11) is 0. The van der Waals surface area contributed by atoms with Crippen molar-refractivity contribution in [1.29, 1.82) is 0 Å². The highest BCUT2D eigenvalue weighted by Gasteiger charge is 2.61. The van der Waals surface area contributed by atoms with Gasteiger partial charge in [-0.1, -0.05) is 31.5 Å². The van der Waals surface area contributed by atoms with Gasteiger partial charge in [-0.05, 0) is 30.4 Å². The van der Waals surface area contributed by atoms with Crippen LogP contribution in [0.3, 0.4) is 0 Å². The predicted molar refractivity (Wildman–Crippen MR) is 86.3 cm³/mol. The second kappa shape index (κ2) is 6.28. The number of hydrogen-bond acceptors (Lipinski definition) is 3. The minimum Gasteiger partial charge on any atom is -0.457 e. The highest BCUT2D eigenvalue weighted by atomic mass is 35.5. The zero-order valence-electron chi connectivity index (χ0n) is 13.2. The van der Waals surface area contributed by atoms with Crippen LogP contribution in [0.15, 0.2) is 41.1 Å². The van der Waals surface area contributed by atoms with Crippen LogP contribution < -0.4 is 0 Å². The van der Waals surface area contributed by atoms with Crippen LogP contribution in [-0.2, 0) is 14.3 Å². The minimum absolute atomic E-state index is 0.0479. The molecular weight excluding hydrogens is 300 g/mol. The molecule has 1 fully saturated rings. The van der Waals surface area contributed by atoms with Crippen molar-refractivity contribution >= 4 is 23.4 Å². The van der Waals surface area contributed by atoms with Crippen LogP contribution in [0.1, 0.15) is 33.6 Å². The van der Waals surface area contributed by atoms with E-state index >= 15 is 0 Å². The van der Waals surface area contributed by atoms with Gasteiger partial charge in [0.1, 0.15) is 6.10 Å². The molecule has 3 atom stereocenters. The maximum absolute atomic E-state index is 12.4. The molecule has 0 aromatic rings. The molecule has 2 aliphatic rings. The van der Waals surface area contributed by atoms with Gasteiger partial charge in [0.25, 0.3) is 0 Å². The zero-order chi connectivity index (χ0) is 16.5. The third-order valence-electron chi connectivity index (χ3n) is 4.78. The van der Waals surface area contributed by atoms with Gasteiger partial charge in [-0.15, -0.1) is 12.3 Å². The molecule has 1 saturated carbocycles. The molecule has 2 rings (SSSR count). The lowest BCUT2D eigenvalue weighted by molar-refractivity contribution is -0.150. The van der Waals surface area contributed by atoms with Crippen LogP contribution in [0.5, 0.6) is 0 Å². The summed E-state index contributed by atoms with van der Waals surface area (Å²) in [6, 6.07) is 0. The first kappa shape index (κ1) is 16.8. The van der Waals surface area contributed by atoms with E-state index in [4.69, 9.17) is 16.3 Å². The predicted octanol–water partition coefficient (Wildman–Crippen LogP) is 3.94. The second-order valence-corrected chi connectivity index (χ2v) is 6.69. The largest absolute Gasteiger partial charge is 0.457 e. The van der Waals surface area contributed by atoms with Gasteiger partial charge in [0.05, 0.1) is 12.3 Å². The Bertz CT molecular complexity index is 606. The number of Topliss-reactive ketones (excluding diaryl/α,β-unsaturated/α-hetero) is 1. The molecule has 4 heteroatoms. The summed E-state index contributed by atoms with van der Waals surface area (Å²) in [4.78, 5) is 24.4. The van der Waals surface area contributed by atoms with Crippen LogP contribution in [0.2, 0.25) is 0 Å². The first-order valence-corrected chi connectivity index (χ1v) is 7.83. The van der Waals surface area contributed by atoms with Gasteiger partial charge in [-0.3, -0.25) is 9.59 Å². The molecule has 22 heavy (non-hydrogen) atoms. The molecule has 2 aliphatic carbocycles. The average Bonchev–Trinajstić information content (AvgIpc) is 2.91. The molecular formula is C18H21ClO3. The summed E-state index contributed by atoms with van der Waals surface area (Å²) in [6.07, 6.45) is 3.85. The van der Waals surface area contributed by atoms with Crippen molar-refractivity contribution in [2.45, 2.75) is 39.7 Å². The van der Waals surface area contributed by atoms with Crippen molar-refractivity contribution in [1.82, 2.24) is 0 Å². The van der Waals surface area contributed by atoms with Gasteiger partial charge in [0.15, 0.2) is 5.78 Å². The number of allylic oxidation sites excluding steroid dienone is 3. The van der Waals surface area contributed by atoms with Crippen molar-refractivity contribution in [2.75, 3.05) is 0 Å². The molecule has 0 saturated heterocycles. The van der Waals surface area contributed by atoms with Crippen LogP contribution in [0.25, 0.3) is 0 Å². The summed E-state index contributed by atoms with van der Waals surface area (Å²) in [5.41, 5.74) is 5.54. The van der Waals surface area contributed by atoms with Gasteiger partial charge < -0.3 is 4.74 Å². The maximum atomic E-state index is 12.4. The number of ketones is 1. The fourth-order valence-corrected chi connectivity index (χ4v) is 3.27. The topological polar surface area (TPSA) is 43.4 Å². The fraction of sp³-hybridized carbons (Fsp3) is 0.500. The summed E-state index contributed by atoms with van der Waals surface area (Å²) >= 11 is 5.48. The van der Waals surface area contributed by atoms with Crippen molar-refractivity contribution in [2.24, 2.45) is 17.3 Å².